The number of ether oxygens (including phenoxy) is 2. The third-order valence-electron chi connectivity index (χ3n) is 2.76. The molecule has 17 heavy (non-hydrogen) atoms. The van der Waals surface area contributed by atoms with Gasteiger partial charge in [-0.2, -0.15) is 0 Å². The van der Waals surface area contributed by atoms with Gasteiger partial charge in [-0.15, -0.1) is 0 Å². The van der Waals surface area contributed by atoms with Crippen LogP contribution in [0.15, 0.2) is 23.6 Å². The van der Waals surface area contributed by atoms with Crippen LogP contribution in [0.1, 0.15) is 32.6 Å². The maximum Gasteiger partial charge on any atom is 0.147 e. The van der Waals surface area contributed by atoms with Gasteiger partial charge in [0.25, 0.3) is 0 Å². The predicted molar refractivity (Wildman–Crippen MR) is 69.2 cm³/mol. The zero-order valence-corrected chi connectivity index (χ0v) is 10.9. The van der Waals surface area contributed by atoms with Gasteiger partial charge in [0.1, 0.15) is 12.0 Å². The topological polar surface area (TPSA) is 56.5 Å². The average molecular weight is 240 g/mol. The summed E-state index contributed by atoms with van der Waals surface area (Å²) in [5.41, 5.74) is 6.54. The quantitative estimate of drug-likeness (QED) is 0.636. The standard InChI is InChI=1S/C13H24N2O2/c1-3-11-12(16-2)7-8-13(15-11)17-10-6-4-5-9-14/h7-8,13,15H,3-6,9-10,14H2,1-2H3. The van der Waals surface area contributed by atoms with Crippen molar-refractivity contribution in [3.05, 3.63) is 23.6 Å². The lowest BCUT2D eigenvalue weighted by Gasteiger charge is -2.24. The molecule has 1 aliphatic heterocycles. The molecule has 1 atom stereocenters. The Bertz CT molecular complexity index is 275. The van der Waals surface area contributed by atoms with Gasteiger partial charge in [-0.3, -0.25) is 0 Å². The van der Waals surface area contributed by atoms with Gasteiger partial charge in [0.15, 0.2) is 0 Å². The van der Waals surface area contributed by atoms with Crippen molar-refractivity contribution in [3.8, 4) is 0 Å². The molecule has 0 aromatic carbocycles. The summed E-state index contributed by atoms with van der Waals surface area (Å²) in [6.07, 6.45) is 8.12. The highest BCUT2D eigenvalue weighted by molar-refractivity contribution is 5.24. The SMILES string of the molecule is CCC1=C(OC)C=CC(OCCCCCN)N1. The lowest BCUT2D eigenvalue weighted by atomic mass is 10.2. The van der Waals surface area contributed by atoms with Crippen LogP contribution in [0, 0.1) is 0 Å². The summed E-state index contributed by atoms with van der Waals surface area (Å²) in [5.74, 6) is 0.899. The van der Waals surface area contributed by atoms with Crippen LogP contribution in [0.25, 0.3) is 0 Å². The van der Waals surface area contributed by atoms with Crippen LogP contribution in [-0.4, -0.2) is 26.5 Å². The van der Waals surface area contributed by atoms with Gasteiger partial charge in [-0.1, -0.05) is 6.92 Å². The Morgan fingerprint density at radius 3 is 2.82 bits per heavy atom. The van der Waals surface area contributed by atoms with E-state index in [1.54, 1.807) is 7.11 Å². The Hall–Kier alpha value is -1.00. The number of nitrogens with two attached hydrogens (primary N) is 1. The number of allylic oxidation sites excluding steroid dienone is 2. The second-order valence-electron chi connectivity index (χ2n) is 4.04. The molecule has 0 aromatic heterocycles. The van der Waals surface area contributed by atoms with Crippen molar-refractivity contribution in [1.29, 1.82) is 0 Å². The zero-order valence-electron chi connectivity index (χ0n) is 10.9. The van der Waals surface area contributed by atoms with Gasteiger partial charge in [0.2, 0.25) is 0 Å². The van der Waals surface area contributed by atoms with E-state index in [0.29, 0.717) is 0 Å². The van der Waals surface area contributed by atoms with Crippen molar-refractivity contribution in [2.24, 2.45) is 5.73 Å². The number of methoxy groups -OCH3 is 1. The van der Waals surface area contributed by atoms with Gasteiger partial charge in [-0.25, -0.2) is 0 Å². The van der Waals surface area contributed by atoms with Gasteiger partial charge in [-0.05, 0) is 44.4 Å². The van der Waals surface area contributed by atoms with Crippen LogP contribution in [0.4, 0.5) is 0 Å². The molecule has 0 saturated heterocycles. The summed E-state index contributed by atoms with van der Waals surface area (Å²) >= 11 is 0. The third kappa shape index (κ3) is 4.79. The smallest absolute Gasteiger partial charge is 0.147 e. The van der Waals surface area contributed by atoms with E-state index in [-0.39, 0.29) is 6.23 Å². The Morgan fingerprint density at radius 2 is 2.18 bits per heavy atom. The molecule has 0 aromatic rings. The lowest BCUT2D eigenvalue weighted by Crippen LogP contribution is -2.32. The molecule has 3 N–H and O–H groups in total. The molecule has 4 nitrogen and oxygen atoms in total. The van der Waals surface area contributed by atoms with Crippen molar-refractivity contribution >= 4 is 0 Å². The molecule has 4 heteroatoms. The summed E-state index contributed by atoms with van der Waals surface area (Å²) < 4.78 is 11.0. The summed E-state index contributed by atoms with van der Waals surface area (Å²) in [6.45, 7) is 3.63. The fourth-order valence-corrected chi connectivity index (χ4v) is 1.76. The van der Waals surface area contributed by atoms with Crippen molar-refractivity contribution in [3.63, 3.8) is 0 Å². The monoisotopic (exact) mass is 240 g/mol. The van der Waals surface area contributed by atoms with Crippen LogP contribution >= 0.6 is 0 Å². The molecule has 0 radical (unpaired) electrons. The minimum Gasteiger partial charge on any atom is -0.495 e. The van der Waals surface area contributed by atoms with Crippen LogP contribution in [0.3, 0.4) is 0 Å². The van der Waals surface area contributed by atoms with Crippen molar-refractivity contribution in [2.45, 2.75) is 38.8 Å². The molecule has 1 aliphatic rings. The second-order valence-corrected chi connectivity index (χ2v) is 4.04. The van der Waals surface area contributed by atoms with E-state index in [0.717, 1.165) is 50.3 Å². The van der Waals surface area contributed by atoms with E-state index in [2.05, 4.69) is 12.2 Å². The van der Waals surface area contributed by atoms with Gasteiger partial charge >= 0.3 is 0 Å². The number of unbranched alkanes of at least 4 members (excludes halogenated alkanes) is 2. The van der Waals surface area contributed by atoms with Crippen LogP contribution in [0.2, 0.25) is 0 Å². The maximum atomic E-state index is 5.73. The summed E-state index contributed by atoms with van der Waals surface area (Å²) in [5, 5.41) is 3.32. The Morgan fingerprint density at radius 1 is 1.35 bits per heavy atom. The summed E-state index contributed by atoms with van der Waals surface area (Å²) in [6, 6.07) is 0. The fraction of sp³-hybridized carbons (Fsp3) is 0.692. The normalized spacial score (nSPS) is 19.4. The third-order valence-corrected chi connectivity index (χ3v) is 2.76. The van der Waals surface area contributed by atoms with Crippen molar-refractivity contribution < 1.29 is 9.47 Å². The van der Waals surface area contributed by atoms with E-state index in [1.165, 1.54) is 0 Å². The van der Waals surface area contributed by atoms with E-state index < -0.39 is 0 Å². The zero-order chi connectivity index (χ0) is 12.5. The highest BCUT2D eigenvalue weighted by Gasteiger charge is 2.14. The molecule has 0 fully saturated rings. The first kappa shape index (κ1) is 14.1. The summed E-state index contributed by atoms with van der Waals surface area (Å²) in [7, 11) is 1.69. The van der Waals surface area contributed by atoms with Crippen LogP contribution < -0.4 is 11.1 Å². The fourth-order valence-electron chi connectivity index (χ4n) is 1.76. The van der Waals surface area contributed by atoms with E-state index in [1.807, 2.05) is 12.2 Å². The Kier molecular flexibility index (Phi) is 6.74. The van der Waals surface area contributed by atoms with E-state index in [4.69, 9.17) is 15.2 Å². The second kappa shape index (κ2) is 8.14. The number of hydrogen-bond acceptors (Lipinski definition) is 4. The first-order valence-electron chi connectivity index (χ1n) is 6.35. The first-order chi connectivity index (χ1) is 8.31. The molecule has 0 amide bonds. The maximum absolute atomic E-state index is 5.73. The number of dihydropyridines is 1. The molecule has 1 unspecified atom stereocenters. The highest BCUT2D eigenvalue weighted by Crippen LogP contribution is 2.15. The molecule has 0 spiro atoms. The minimum absolute atomic E-state index is 0.0262. The van der Waals surface area contributed by atoms with Gasteiger partial charge < -0.3 is 20.5 Å². The molecule has 0 bridgehead atoms. The molecule has 1 rings (SSSR count). The number of nitrogens with one attached hydrogen (secondary N) is 1. The first-order valence-corrected chi connectivity index (χ1v) is 6.35. The van der Waals surface area contributed by atoms with Crippen LogP contribution in [-0.2, 0) is 9.47 Å². The molecule has 1 heterocycles. The highest BCUT2D eigenvalue weighted by atomic mass is 16.5. The molecular formula is C13H24N2O2. The van der Waals surface area contributed by atoms with Crippen LogP contribution in [0.5, 0.6) is 0 Å². The average Bonchev–Trinajstić information content (AvgIpc) is 2.38. The Balaban J connectivity index is 2.26. The molecule has 0 saturated carbocycles. The van der Waals surface area contributed by atoms with Gasteiger partial charge in [0, 0.05) is 6.61 Å². The largest absolute Gasteiger partial charge is 0.495 e. The summed E-state index contributed by atoms with van der Waals surface area (Å²) in [4.78, 5) is 0. The van der Waals surface area contributed by atoms with Gasteiger partial charge in [0.05, 0.1) is 12.8 Å². The van der Waals surface area contributed by atoms with E-state index >= 15 is 0 Å². The predicted octanol–water partition coefficient (Wildman–Crippen LogP) is 1.89. The minimum atomic E-state index is -0.0262. The molecule has 98 valence electrons. The number of hydrogen-bond donors (Lipinski definition) is 2. The van der Waals surface area contributed by atoms with E-state index in [9.17, 15) is 0 Å². The Labute approximate surface area is 104 Å². The van der Waals surface area contributed by atoms with Crippen molar-refractivity contribution in [1.82, 2.24) is 5.32 Å². The number of rotatable bonds is 8. The molecule has 0 aliphatic carbocycles. The van der Waals surface area contributed by atoms with Crippen molar-refractivity contribution in [2.75, 3.05) is 20.3 Å². The molecular weight excluding hydrogens is 216 g/mol. The lowest BCUT2D eigenvalue weighted by molar-refractivity contribution is 0.0624.